The average Bonchev–Trinajstić information content (AvgIpc) is 3.15. The molecule has 304 valence electrons. The van der Waals surface area contributed by atoms with Gasteiger partial charge in [0.25, 0.3) is 0 Å². The zero-order valence-corrected chi connectivity index (χ0v) is 31.4. The summed E-state index contributed by atoms with van der Waals surface area (Å²) in [5.41, 5.74) is -0.738. The Morgan fingerprint density at radius 1 is 0.379 bits per heavy atom. The van der Waals surface area contributed by atoms with Crippen LogP contribution in [0.2, 0.25) is 0 Å². The highest BCUT2D eigenvalue weighted by atomic mass is 32.2. The van der Waals surface area contributed by atoms with Crippen LogP contribution >= 0.6 is 0 Å². The zero-order valence-electron chi connectivity index (χ0n) is 30.6. The van der Waals surface area contributed by atoms with Gasteiger partial charge in [-0.3, -0.25) is 0 Å². The lowest BCUT2D eigenvalue weighted by molar-refractivity contribution is -0.138. The van der Waals surface area contributed by atoms with Crippen LogP contribution in [0.25, 0.3) is 11.1 Å². The summed E-state index contributed by atoms with van der Waals surface area (Å²) in [5, 5.41) is 0. The van der Waals surface area contributed by atoms with Crippen molar-refractivity contribution in [3.8, 4) is 11.1 Å². The quantitative estimate of drug-likeness (QED) is 0.0890. The third-order valence-electron chi connectivity index (χ3n) is 9.53. The van der Waals surface area contributed by atoms with Gasteiger partial charge >= 0.3 is 24.7 Å². The molecular weight excluding hydrogens is 803 g/mol. The molecule has 0 aliphatic rings. The van der Waals surface area contributed by atoms with Gasteiger partial charge in [-0.05, 0) is 11.1 Å². The molecular formula is C43H33BF12OS. The van der Waals surface area contributed by atoms with Crippen molar-refractivity contribution in [3.63, 3.8) is 0 Å². The van der Waals surface area contributed by atoms with Crippen LogP contribution in [0.4, 0.5) is 52.7 Å². The van der Waals surface area contributed by atoms with Crippen LogP contribution in [0, 0.1) is 0 Å². The maximum Gasteiger partial charge on any atom is 0.416 e. The van der Waals surface area contributed by atoms with Crippen molar-refractivity contribution >= 4 is 37.9 Å². The number of hydrogen-bond acceptors (Lipinski definition) is 1. The Balaban J connectivity index is 0.000000313. The van der Waals surface area contributed by atoms with Crippen LogP contribution in [0.1, 0.15) is 27.8 Å². The lowest BCUT2D eigenvalue weighted by Crippen LogP contribution is -2.74. The summed E-state index contributed by atoms with van der Waals surface area (Å²) >= 11 is 0. The molecule has 0 aliphatic carbocycles. The van der Waals surface area contributed by atoms with E-state index in [1.54, 1.807) is 12.5 Å². The Morgan fingerprint density at radius 3 is 0.879 bits per heavy atom. The highest BCUT2D eigenvalue weighted by molar-refractivity contribution is 8.00. The van der Waals surface area contributed by atoms with E-state index in [-0.39, 0.29) is 21.9 Å². The topological polar surface area (TPSA) is 17.1 Å². The first-order valence-electron chi connectivity index (χ1n) is 17.3. The predicted molar refractivity (Wildman–Crippen MR) is 206 cm³/mol. The van der Waals surface area contributed by atoms with E-state index in [9.17, 15) is 56.9 Å². The van der Waals surface area contributed by atoms with Crippen molar-refractivity contribution in [1.82, 2.24) is 0 Å². The van der Waals surface area contributed by atoms with E-state index in [0.717, 1.165) is 54.1 Å². The first-order valence-corrected chi connectivity index (χ1v) is 19.9. The largest absolute Gasteiger partial charge is 0.416 e. The van der Waals surface area contributed by atoms with Crippen LogP contribution in [-0.4, -0.2) is 18.7 Å². The van der Waals surface area contributed by atoms with Gasteiger partial charge in [-0.2, -0.15) is 74.5 Å². The first kappa shape index (κ1) is 43.8. The number of hydrogen-bond donors (Lipinski definition) is 0. The van der Waals surface area contributed by atoms with Gasteiger partial charge in [0.1, 0.15) is 24.4 Å². The molecule has 0 heterocycles. The average molecular weight is 837 g/mol. The van der Waals surface area contributed by atoms with Gasteiger partial charge in [0.2, 0.25) is 0 Å². The molecule has 0 spiro atoms. The lowest BCUT2D eigenvalue weighted by Gasteiger charge is -2.44. The summed E-state index contributed by atoms with van der Waals surface area (Å²) in [7, 11) is -1.70. The minimum Gasteiger partial charge on any atom is -0.195 e. The fourth-order valence-corrected chi connectivity index (χ4v) is 7.82. The molecule has 6 aromatic carbocycles. The Hall–Kier alpha value is -5.31. The van der Waals surface area contributed by atoms with Gasteiger partial charge < -0.3 is 0 Å². The summed E-state index contributed by atoms with van der Waals surface area (Å²) in [6, 6.07) is 32.1. The molecule has 0 aliphatic heterocycles. The van der Waals surface area contributed by atoms with Crippen LogP contribution in [0.15, 0.2) is 152 Å². The van der Waals surface area contributed by atoms with Crippen LogP contribution in [0.5, 0.6) is 0 Å². The maximum atomic E-state index is 13.3. The van der Waals surface area contributed by atoms with E-state index >= 15 is 0 Å². The predicted octanol–water partition coefficient (Wildman–Crippen LogP) is 10.8. The van der Waals surface area contributed by atoms with Crippen LogP contribution in [0.3, 0.4) is 0 Å². The van der Waals surface area contributed by atoms with E-state index in [1.165, 1.54) is 11.1 Å². The minimum atomic E-state index is -4.77. The number of halogens is 12. The fourth-order valence-electron chi connectivity index (χ4n) is 6.82. The van der Waals surface area contributed by atoms with Crippen molar-refractivity contribution in [1.29, 1.82) is 0 Å². The van der Waals surface area contributed by atoms with E-state index in [2.05, 4.69) is 36.4 Å². The molecule has 0 unspecified atom stereocenters. The van der Waals surface area contributed by atoms with Crippen LogP contribution < -0.4 is 21.9 Å². The summed E-state index contributed by atoms with van der Waals surface area (Å²) in [6.07, 6.45) is -18.4. The molecule has 0 saturated carbocycles. The normalized spacial score (nSPS) is 12.8. The molecule has 0 N–H and O–H groups in total. The molecule has 0 amide bonds. The van der Waals surface area contributed by atoms with E-state index in [0.29, 0.717) is 54.3 Å². The molecule has 0 aromatic heterocycles. The molecule has 15 heteroatoms. The lowest BCUT2D eigenvalue weighted by atomic mass is 9.13. The Morgan fingerprint density at radius 2 is 0.638 bits per heavy atom. The number of benzene rings is 6. The SMILES string of the molecule is C[S+](C)(=O)Cc1ccc(-c2ccccc2)cc1.FC(F)(F)c1ccc([B-](c2ccc(C(F)(F)F)cc2)(c2ccc(C(F)(F)F)cc2)c2ccc(C(F)(F)F)cc2)cc1. The highest BCUT2D eigenvalue weighted by Gasteiger charge is 2.38. The Bertz CT molecular complexity index is 2070. The second-order valence-corrected chi connectivity index (χ2v) is 17.2. The molecule has 0 saturated heterocycles. The maximum absolute atomic E-state index is 13.3. The fraction of sp³-hybridized carbons (Fsp3) is 0.163. The Kier molecular flexibility index (Phi) is 12.5. The van der Waals surface area contributed by atoms with Crippen molar-refractivity contribution in [2.75, 3.05) is 12.5 Å². The molecule has 0 atom stereocenters. The van der Waals surface area contributed by atoms with E-state index in [1.807, 2.05) is 18.2 Å². The number of alkyl halides is 12. The van der Waals surface area contributed by atoms with Gasteiger partial charge in [0.15, 0.2) is 0 Å². The first-order chi connectivity index (χ1) is 26.9. The van der Waals surface area contributed by atoms with Gasteiger partial charge in [-0.1, -0.05) is 152 Å². The standard InChI is InChI=1S/C28H16BF12.C15H17OS/c30-25(31,32)17-1-9-21(10-2-17)29(22-11-3-18(4-12-22)26(33,34)35,23-13-5-19(6-14-23)27(36,37)38)24-15-7-20(8-16-24)28(39,40)41;1-17(2,16)12-13-8-10-15(11-9-13)14-6-4-3-5-7-14/h1-16H;3-11H,12H2,1-2H3/q-1;+1. The summed E-state index contributed by atoms with van der Waals surface area (Å²) < 4.78 is 172. The van der Waals surface area contributed by atoms with Gasteiger partial charge in [-0.15, -0.1) is 4.21 Å². The molecule has 6 rings (SSSR count). The molecule has 0 fully saturated rings. The molecule has 1 nitrogen and oxygen atoms in total. The summed E-state index contributed by atoms with van der Waals surface area (Å²) in [4.78, 5) is 0. The minimum absolute atomic E-state index is 0.0114. The van der Waals surface area contributed by atoms with Gasteiger partial charge in [0, 0.05) is 5.56 Å². The summed E-state index contributed by atoms with van der Waals surface area (Å²) in [6.45, 7) is 0. The van der Waals surface area contributed by atoms with Crippen LogP contribution in [-0.2, 0) is 44.6 Å². The number of rotatable bonds is 7. The van der Waals surface area contributed by atoms with E-state index in [4.69, 9.17) is 0 Å². The second kappa shape index (κ2) is 16.5. The summed E-state index contributed by atoms with van der Waals surface area (Å²) in [5.74, 6) is 0.655. The van der Waals surface area contributed by atoms with E-state index < -0.39 is 63.0 Å². The monoisotopic (exact) mass is 836 g/mol. The van der Waals surface area contributed by atoms with Crippen molar-refractivity contribution in [2.45, 2.75) is 30.5 Å². The van der Waals surface area contributed by atoms with Gasteiger partial charge in [-0.25, -0.2) is 0 Å². The van der Waals surface area contributed by atoms with Crippen molar-refractivity contribution in [2.24, 2.45) is 0 Å². The second-order valence-electron chi connectivity index (χ2n) is 14.0. The highest BCUT2D eigenvalue weighted by Crippen LogP contribution is 2.32. The zero-order chi connectivity index (χ0) is 42.7. The Labute approximate surface area is 327 Å². The molecule has 0 bridgehead atoms. The third kappa shape index (κ3) is 10.4. The molecule has 6 aromatic rings. The smallest absolute Gasteiger partial charge is 0.195 e. The molecule has 58 heavy (non-hydrogen) atoms. The van der Waals surface area contributed by atoms with Gasteiger partial charge in [0.05, 0.1) is 32.2 Å². The third-order valence-corrected chi connectivity index (χ3v) is 10.6. The van der Waals surface area contributed by atoms with Crippen molar-refractivity contribution < 1.29 is 56.9 Å². The molecule has 0 radical (unpaired) electrons. The van der Waals surface area contributed by atoms with Crippen molar-refractivity contribution in [3.05, 3.63) is 179 Å².